The first kappa shape index (κ1) is 25.4. The molecule has 0 spiro atoms. The second-order valence-corrected chi connectivity index (χ2v) is 7.90. The van der Waals surface area contributed by atoms with Crippen LogP contribution < -0.4 is 15.4 Å². The van der Waals surface area contributed by atoms with Gasteiger partial charge in [0, 0.05) is 52.5 Å². The molecule has 0 atom stereocenters. The van der Waals surface area contributed by atoms with Crippen molar-refractivity contribution in [1.29, 1.82) is 0 Å². The van der Waals surface area contributed by atoms with Crippen molar-refractivity contribution in [2.75, 3.05) is 72.7 Å². The van der Waals surface area contributed by atoms with E-state index in [0.29, 0.717) is 6.54 Å². The molecule has 7 nitrogen and oxygen atoms in total. The topological polar surface area (TPSA) is 61.4 Å². The highest BCUT2D eigenvalue weighted by Crippen LogP contribution is 2.11. The van der Waals surface area contributed by atoms with Crippen molar-refractivity contribution >= 4 is 5.96 Å². The number of guanidine groups is 1. The predicted molar refractivity (Wildman–Crippen MR) is 129 cm³/mol. The number of rotatable bonds is 14. The summed E-state index contributed by atoms with van der Waals surface area (Å²) in [6.07, 6.45) is 3.34. The Kier molecular flexibility index (Phi) is 13.0. The average molecular weight is 434 g/mol. The van der Waals surface area contributed by atoms with Crippen LogP contribution in [0.3, 0.4) is 0 Å². The lowest BCUT2D eigenvalue weighted by Gasteiger charge is -2.34. The number of nitrogens with zero attached hydrogens (tertiary/aromatic N) is 3. The zero-order chi connectivity index (χ0) is 22.2. The molecule has 1 saturated heterocycles. The molecule has 1 aromatic carbocycles. The van der Waals surface area contributed by atoms with Gasteiger partial charge in [-0.1, -0.05) is 19.1 Å². The number of ether oxygens (including phenoxy) is 2. The minimum absolute atomic E-state index is 0.645. The highest BCUT2D eigenvalue weighted by Gasteiger charge is 2.14. The van der Waals surface area contributed by atoms with Crippen LogP contribution in [-0.2, 0) is 11.3 Å². The number of benzene rings is 1. The summed E-state index contributed by atoms with van der Waals surface area (Å²) in [5.41, 5.74) is 1.17. The van der Waals surface area contributed by atoms with E-state index in [1.165, 1.54) is 51.3 Å². The molecule has 0 aromatic heterocycles. The van der Waals surface area contributed by atoms with Crippen LogP contribution in [0, 0.1) is 0 Å². The van der Waals surface area contributed by atoms with Gasteiger partial charge in [0.2, 0.25) is 0 Å². The highest BCUT2D eigenvalue weighted by atomic mass is 16.5. The maximum absolute atomic E-state index is 5.43. The minimum atomic E-state index is 0.645. The Morgan fingerprint density at radius 3 is 2.26 bits per heavy atom. The third-order valence-electron chi connectivity index (χ3n) is 5.65. The first-order chi connectivity index (χ1) is 15.2. The molecule has 31 heavy (non-hydrogen) atoms. The molecular formula is C24H43N5O2. The standard InChI is InChI=1S/C24H43N5O2/c1-4-28-16-18-29(19-17-28)15-7-6-13-25-24(26-14-8-20-31-5-2)27-21-22-9-11-23(30-3)12-10-22/h9-12H,4-8,13-21H2,1-3H3,(H2,25,26,27). The number of likely N-dealkylation sites (N-methyl/N-ethyl adjacent to an activating group) is 1. The number of methoxy groups -OCH3 is 1. The van der Waals surface area contributed by atoms with Gasteiger partial charge in [-0.3, -0.25) is 0 Å². The summed E-state index contributed by atoms with van der Waals surface area (Å²) in [7, 11) is 1.69. The Balaban J connectivity index is 1.71. The molecule has 1 aromatic rings. The molecule has 0 saturated carbocycles. The normalized spacial score (nSPS) is 15.8. The first-order valence-electron chi connectivity index (χ1n) is 11.9. The van der Waals surface area contributed by atoms with E-state index in [9.17, 15) is 0 Å². The molecule has 2 rings (SSSR count). The molecular weight excluding hydrogens is 390 g/mol. The van der Waals surface area contributed by atoms with E-state index in [1.54, 1.807) is 7.11 Å². The number of piperazine rings is 1. The first-order valence-corrected chi connectivity index (χ1v) is 11.9. The molecule has 1 fully saturated rings. The van der Waals surface area contributed by atoms with Crippen LogP contribution in [0.1, 0.15) is 38.7 Å². The van der Waals surface area contributed by atoms with Gasteiger partial charge in [-0.05, 0) is 57.0 Å². The number of hydrogen-bond acceptors (Lipinski definition) is 5. The quantitative estimate of drug-likeness (QED) is 0.267. The fourth-order valence-corrected chi connectivity index (χ4v) is 3.60. The predicted octanol–water partition coefficient (Wildman–Crippen LogP) is 2.57. The van der Waals surface area contributed by atoms with Gasteiger partial charge in [0.05, 0.1) is 13.7 Å². The SMILES string of the molecule is CCOCCCNC(=NCc1ccc(OC)cc1)NCCCCN1CCN(CC)CC1. The third kappa shape index (κ3) is 10.8. The fraction of sp³-hybridized carbons (Fsp3) is 0.708. The van der Waals surface area contributed by atoms with Gasteiger partial charge in [-0.15, -0.1) is 0 Å². The zero-order valence-electron chi connectivity index (χ0n) is 19.9. The van der Waals surface area contributed by atoms with Crippen LogP contribution in [0.25, 0.3) is 0 Å². The Morgan fingerprint density at radius 2 is 1.61 bits per heavy atom. The number of nitrogens with one attached hydrogen (secondary N) is 2. The summed E-state index contributed by atoms with van der Waals surface area (Å²) in [6.45, 7) is 15.5. The molecule has 0 radical (unpaired) electrons. The summed E-state index contributed by atoms with van der Waals surface area (Å²) < 4.78 is 10.7. The smallest absolute Gasteiger partial charge is 0.191 e. The van der Waals surface area contributed by atoms with Crippen LogP contribution in [0.15, 0.2) is 29.3 Å². The lowest BCUT2D eigenvalue weighted by Crippen LogP contribution is -2.46. The fourth-order valence-electron chi connectivity index (χ4n) is 3.60. The number of aliphatic imine (C=N–C) groups is 1. The van der Waals surface area contributed by atoms with Gasteiger partial charge < -0.3 is 29.9 Å². The minimum Gasteiger partial charge on any atom is -0.497 e. The second-order valence-electron chi connectivity index (χ2n) is 7.90. The van der Waals surface area contributed by atoms with E-state index >= 15 is 0 Å². The molecule has 0 aliphatic carbocycles. The van der Waals surface area contributed by atoms with Crippen LogP contribution in [0.4, 0.5) is 0 Å². The summed E-state index contributed by atoms with van der Waals surface area (Å²) in [5.74, 6) is 1.75. The molecule has 0 bridgehead atoms. The van der Waals surface area contributed by atoms with Gasteiger partial charge >= 0.3 is 0 Å². The van der Waals surface area contributed by atoms with Gasteiger partial charge in [0.15, 0.2) is 5.96 Å². The van der Waals surface area contributed by atoms with Crippen LogP contribution in [0.5, 0.6) is 5.75 Å². The average Bonchev–Trinajstić information content (AvgIpc) is 2.82. The molecule has 0 unspecified atom stereocenters. The van der Waals surface area contributed by atoms with Crippen molar-refractivity contribution in [2.24, 2.45) is 4.99 Å². The van der Waals surface area contributed by atoms with Gasteiger partial charge in [0.1, 0.15) is 5.75 Å². The van der Waals surface area contributed by atoms with E-state index in [0.717, 1.165) is 50.9 Å². The summed E-state index contributed by atoms with van der Waals surface area (Å²) in [5, 5.41) is 6.95. The van der Waals surface area contributed by atoms with Crippen LogP contribution in [-0.4, -0.2) is 88.4 Å². The Labute approximate surface area is 189 Å². The van der Waals surface area contributed by atoms with Crippen molar-refractivity contribution in [2.45, 2.75) is 39.7 Å². The number of hydrogen-bond donors (Lipinski definition) is 2. The summed E-state index contributed by atoms with van der Waals surface area (Å²) >= 11 is 0. The van der Waals surface area contributed by atoms with Gasteiger partial charge in [-0.25, -0.2) is 4.99 Å². The van der Waals surface area contributed by atoms with E-state index in [-0.39, 0.29) is 0 Å². The Morgan fingerprint density at radius 1 is 0.935 bits per heavy atom. The lowest BCUT2D eigenvalue weighted by molar-refractivity contribution is 0.136. The lowest BCUT2D eigenvalue weighted by atomic mass is 10.2. The molecule has 1 aliphatic rings. The van der Waals surface area contributed by atoms with Crippen molar-refractivity contribution in [3.63, 3.8) is 0 Å². The Hall–Kier alpha value is -1.83. The maximum Gasteiger partial charge on any atom is 0.191 e. The van der Waals surface area contributed by atoms with Crippen LogP contribution >= 0.6 is 0 Å². The highest BCUT2D eigenvalue weighted by molar-refractivity contribution is 5.79. The summed E-state index contributed by atoms with van der Waals surface area (Å²) in [4.78, 5) is 9.89. The van der Waals surface area contributed by atoms with Gasteiger partial charge in [-0.2, -0.15) is 0 Å². The van der Waals surface area contributed by atoms with E-state index in [4.69, 9.17) is 14.5 Å². The summed E-state index contributed by atoms with van der Waals surface area (Å²) in [6, 6.07) is 8.09. The van der Waals surface area contributed by atoms with Crippen LogP contribution in [0.2, 0.25) is 0 Å². The Bertz CT molecular complexity index is 600. The van der Waals surface area contributed by atoms with E-state index in [2.05, 4.69) is 39.5 Å². The molecule has 7 heteroatoms. The van der Waals surface area contributed by atoms with E-state index in [1.807, 2.05) is 19.1 Å². The molecule has 2 N–H and O–H groups in total. The zero-order valence-corrected chi connectivity index (χ0v) is 19.9. The molecule has 1 aliphatic heterocycles. The van der Waals surface area contributed by atoms with Crippen molar-refractivity contribution in [3.05, 3.63) is 29.8 Å². The number of unbranched alkanes of at least 4 members (excludes halogenated alkanes) is 1. The molecule has 176 valence electrons. The monoisotopic (exact) mass is 433 g/mol. The largest absolute Gasteiger partial charge is 0.497 e. The third-order valence-corrected chi connectivity index (χ3v) is 5.65. The maximum atomic E-state index is 5.43. The second kappa shape index (κ2) is 15.9. The van der Waals surface area contributed by atoms with Crippen molar-refractivity contribution < 1.29 is 9.47 Å². The van der Waals surface area contributed by atoms with Crippen molar-refractivity contribution in [1.82, 2.24) is 20.4 Å². The van der Waals surface area contributed by atoms with Crippen molar-refractivity contribution in [3.8, 4) is 5.75 Å². The molecule has 0 amide bonds. The van der Waals surface area contributed by atoms with E-state index < -0.39 is 0 Å². The molecule has 1 heterocycles. The van der Waals surface area contributed by atoms with Gasteiger partial charge in [0.25, 0.3) is 0 Å².